The van der Waals surface area contributed by atoms with Crippen LogP contribution in [0.5, 0.6) is 11.5 Å². The van der Waals surface area contributed by atoms with Gasteiger partial charge in [-0.05, 0) is 63.1 Å². The van der Waals surface area contributed by atoms with Crippen molar-refractivity contribution in [3.8, 4) is 32.4 Å². The molecular weight excluding hydrogens is 638 g/mol. The van der Waals surface area contributed by atoms with E-state index in [1.165, 1.54) is 41.9 Å². The maximum absolute atomic E-state index is 16.0. The second-order valence-electron chi connectivity index (χ2n) is 10.5. The number of hydrogen-bond donors (Lipinski definition) is 0. The van der Waals surface area contributed by atoms with Gasteiger partial charge >= 0.3 is 17.8 Å². The van der Waals surface area contributed by atoms with E-state index in [0.29, 0.717) is 32.4 Å². The van der Waals surface area contributed by atoms with Gasteiger partial charge in [-0.3, -0.25) is 0 Å². The molecule has 1 aliphatic rings. The Morgan fingerprint density at radius 2 is 0.933 bits per heavy atom. The number of ether oxygens (including phenoxy) is 4. The Morgan fingerprint density at radius 1 is 0.578 bits per heavy atom. The molecule has 1 aliphatic carbocycles. The fourth-order valence-corrected chi connectivity index (χ4v) is 8.15. The second-order valence-corrected chi connectivity index (χ2v) is 13.0. The van der Waals surface area contributed by atoms with Gasteiger partial charge in [-0.15, -0.1) is 22.7 Å². The Hall–Kier alpha value is -3.32. The molecule has 0 bridgehead atoms. The highest BCUT2D eigenvalue weighted by atomic mass is 32.1. The Bertz CT molecular complexity index is 1650. The van der Waals surface area contributed by atoms with Gasteiger partial charge in [0.05, 0.1) is 0 Å². The Morgan fingerprint density at radius 3 is 1.29 bits per heavy atom. The Labute approximate surface area is 264 Å². The van der Waals surface area contributed by atoms with Crippen molar-refractivity contribution in [2.24, 2.45) is 0 Å². The van der Waals surface area contributed by atoms with Crippen molar-refractivity contribution in [2.45, 2.75) is 45.5 Å². The summed E-state index contributed by atoms with van der Waals surface area (Å²) < 4.78 is 116. The summed E-state index contributed by atoms with van der Waals surface area (Å²) in [5, 5.41) is 0. The van der Waals surface area contributed by atoms with E-state index in [9.17, 15) is 0 Å². The van der Waals surface area contributed by atoms with Crippen molar-refractivity contribution in [1.29, 1.82) is 0 Å². The van der Waals surface area contributed by atoms with E-state index in [1.54, 1.807) is 48.5 Å². The lowest BCUT2D eigenvalue weighted by Gasteiger charge is -2.26. The third-order valence-electron chi connectivity index (χ3n) is 7.74. The van der Waals surface area contributed by atoms with E-state index in [4.69, 9.17) is 18.9 Å². The van der Waals surface area contributed by atoms with E-state index < -0.39 is 28.9 Å². The monoisotopic (exact) mass is 668 g/mol. The topological polar surface area (TPSA) is 36.9 Å². The molecule has 4 aromatic rings. The van der Waals surface area contributed by atoms with E-state index in [-0.39, 0.29) is 45.6 Å². The quantitative estimate of drug-likeness (QED) is 0.125. The molecule has 240 valence electrons. The van der Waals surface area contributed by atoms with Crippen LogP contribution in [-0.2, 0) is 9.47 Å². The number of benzene rings is 2. The molecule has 0 amide bonds. The highest BCUT2D eigenvalue weighted by molar-refractivity contribution is 7.16. The van der Waals surface area contributed by atoms with Gasteiger partial charge < -0.3 is 18.9 Å². The average molecular weight is 669 g/mol. The molecular formula is C33H30F6O4S2. The normalized spacial score (nSPS) is 16.8. The molecule has 5 rings (SSSR count). The Kier molecular flexibility index (Phi) is 8.91. The molecule has 0 spiro atoms. The summed E-state index contributed by atoms with van der Waals surface area (Å²) in [5.41, 5.74) is -2.09. The van der Waals surface area contributed by atoms with Gasteiger partial charge in [-0.25, -0.2) is 0 Å². The minimum absolute atomic E-state index is 0.0994. The lowest BCUT2D eigenvalue weighted by atomic mass is 9.89. The summed E-state index contributed by atoms with van der Waals surface area (Å²) in [6, 6.07) is 13.5. The smallest absolute Gasteiger partial charge is 0.380 e. The summed E-state index contributed by atoms with van der Waals surface area (Å²) in [6.45, 7) is 5.67. The number of halogens is 6. The predicted octanol–water partition coefficient (Wildman–Crippen LogP) is 10.2. The van der Waals surface area contributed by atoms with Gasteiger partial charge in [0.25, 0.3) is 0 Å². The van der Waals surface area contributed by atoms with Gasteiger partial charge in [-0.1, -0.05) is 24.3 Å². The number of methoxy groups -OCH3 is 2. The van der Waals surface area contributed by atoms with Crippen LogP contribution in [0.25, 0.3) is 32.0 Å². The van der Waals surface area contributed by atoms with Crippen LogP contribution >= 0.6 is 22.7 Å². The SMILES string of the molecule is COCOc1ccccc1-c1sc(C)c(C2=C(c3c(C)sc(-c4ccccc4OCOC)c3C)C(F)(F)C(F)(F)C2(F)F)c1C. The van der Waals surface area contributed by atoms with Gasteiger partial charge in [0.2, 0.25) is 0 Å². The van der Waals surface area contributed by atoms with Crippen LogP contribution in [0.1, 0.15) is 32.0 Å². The van der Waals surface area contributed by atoms with Crippen molar-refractivity contribution in [1.82, 2.24) is 0 Å². The van der Waals surface area contributed by atoms with Crippen LogP contribution < -0.4 is 9.47 Å². The van der Waals surface area contributed by atoms with Crippen LogP contribution in [0.4, 0.5) is 26.3 Å². The Balaban J connectivity index is 1.80. The number of thiophene rings is 2. The molecule has 0 unspecified atom stereocenters. The summed E-state index contributed by atoms with van der Waals surface area (Å²) >= 11 is 2.09. The van der Waals surface area contributed by atoms with Crippen molar-refractivity contribution in [3.05, 3.63) is 80.5 Å². The molecule has 2 aromatic carbocycles. The fraction of sp³-hybridized carbons (Fsp3) is 0.333. The largest absolute Gasteiger partial charge is 0.467 e. The zero-order valence-electron chi connectivity index (χ0n) is 25.3. The van der Waals surface area contributed by atoms with Crippen LogP contribution in [0, 0.1) is 27.7 Å². The first kappa shape index (κ1) is 33.1. The zero-order valence-corrected chi connectivity index (χ0v) is 26.9. The van der Waals surface area contributed by atoms with Crippen molar-refractivity contribution in [2.75, 3.05) is 27.8 Å². The standard InChI is InChI=1S/C33H30F6O4S2/c1-17-25(19(3)44-29(17)21-11-7-9-13-23(21)42-15-40-5)27-28(32(36,37)33(38,39)31(27,34)35)26-18(2)30(45-20(26)4)22-12-8-10-14-24(22)43-16-41-6/h7-14H,15-16H2,1-6H3. The third-order valence-corrected chi connectivity index (χ3v) is 10.2. The van der Waals surface area contributed by atoms with Gasteiger partial charge in [0.15, 0.2) is 13.6 Å². The highest BCUT2D eigenvalue weighted by Gasteiger charge is 2.80. The molecule has 4 nitrogen and oxygen atoms in total. The lowest BCUT2D eigenvalue weighted by molar-refractivity contribution is -0.254. The van der Waals surface area contributed by atoms with Crippen LogP contribution in [-0.4, -0.2) is 45.6 Å². The predicted molar refractivity (Wildman–Crippen MR) is 165 cm³/mol. The number of aryl methyl sites for hydroxylation is 2. The average Bonchev–Trinajstić information content (AvgIpc) is 3.49. The molecule has 2 aromatic heterocycles. The first-order valence-electron chi connectivity index (χ1n) is 13.7. The van der Waals surface area contributed by atoms with E-state index in [0.717, 1.165) is 22.7 Å². The fourth-order valence-electron chi connectivity index (χ4n) is 5.75. The summed E-state index contributed by atoms with van der Waals surface area (Å²) in [4.78, 5) is 1.24. The minimum Gasteiger partial charge on any atom is -0.467 e. The molecule has 0 aliphatic heterocycles. The minimum atomic E-state index is -5.69. The number of allylic oxidation sites excluding steroid dienone is 2. The first-order chi connectivity index (χ1) is 21.2. The zero-order chi connectivity index (χ0) is 32.9. The number of para-hydroxylation sites is 2. The van der Waals surface area contributed by atoms with Gasteiger partial charge in [0, 0.05) is 67.1 Å². The number of hydrogen-bond acceptors (Lipinski definition) is 6. The maximum atomic E-state index is 16.0. The summed E-state index contributed by atoms with van der Waals surface area (Å²) in [7, 11) is 2.87. The first-order valence-corrected chi connectivity index (χ1v) is 15.4. The molecule has 0 radical (unpaired) electrons. The molecule has 0 N–H and O–H groups in total. The van der Waals surface area contributed by atoms with Gasteiger partial charge in [0.1, 0.15) is 11.5 Å². The lowest BCUT2D eigenvalue weighted by Crippen LogP contribution is -2.49. The van der Waals surface area contributed by atoms with E-state index >= 15 is 26.3 Å². The molecule has 0 atom stereocenters. The van der Waals surface area contributed by atoms with Crippen LogP contribution in [0.3, 0.4) is 0 Å². The molecule has 45 heavy (non-hydrogen) atoms. The van der Waals surface area contributed by atoms with Crippen molar-refractivity contribution >= 4 is 33.8 Å². The molecule has 0 saturated carbocycles. The molecule has 12 heteroatoms. The number of alkyl halides is 6. The van der Waals surface area contributed by atoms with E-state index in [2.05, 4.69) is 0 Å². The second kappa shape index (κ2) is 12.1. The van der Waals surface area contributed by atoms with Gasteiger partial charge in [-0.2, -0.15) is 26.3 Å². The van der Waals surface area contributed by atoms with Crippen LogP contribution in [0.15, 0.2) is 48.5 Å². The molecule has 2 heterocycles. The third kappa shape index (κ3) is 5.15. The maximum Gasteiger partial charge on any atom is 0.380 e. The number of rotatable bonds is 10. The van der Waals surface area contributed by atoms with E-state index in [1.807, 2.05) is 0 Å². The van der Waals surface area contributed by atoms with Crippen LogP contribution in [0.2, 0.25) is 0 Å². The molecule has 0 saturated heterocycles. The molecule has 0 fully saturated rings. The highest BCUT2D eigenvalue weighted by Crippen LogP contribution is 2.67. The van der Waals surface area contributed by atoms with Crippen molar-refractivity contribution < 1.29 is 45.3 Å². The summed E-state index contributed by atoms with van der Waals surface area (Å²) in [5.74, 6) is -15.3. The summed E-state index contributed by atoms with van der Waals surface area (Å²) in [6.07, 6.45) is 0. The van der Waals surface area contributed by atoms with Crippen molar-refractivity contribution in [3.63, 3.8) is 0 Å².